The van der Waals surface area contributed by atoms with E-state index in [4.69, 9.17) is 4.74 Å². The van der Waals surface area contributed by atoms with Crippen molar-refractivity contribution in [3.8, 4) is 5.75 Å². The van der Waals surface area contributed by atoms with Gasteiger partial charge in [0.05, 0.1) is 7.11 Å². The maximum absolute atomic E-state index is 5.23. The summed E-state index contributed by atoms with van der Waals surface area (Å²) in [5, 5.41) is 3.46. The van der Waals surface area contributed by atoms with Crippen LogP contribution in [0.15, 0.2) is 48.5 Å². The van der Waals surface area contributed by atoms with E-state index in [1.165, 1.54) is 16.8 Å². The Bertz CT molecular complexity index is 552. The summed E-state index contributed by atoms with van der Waals surface area (Å²) in [6.07, 6.45) is 0. The van der Waals surface area contributed by atoms with Gasteiger partial charge in [0.15, 0.2) is 0 Å². The second-order valence-electron chi connectivity index (χ2n) is 5.02. The van der Waals surface area contributed by atoms with Gasteiger partial charge in [-0.15, -0.1) is 0 Å². The normalized spacial score (nSPS) is 10.3. The summed E-state index contributed by atoms with van der Waals surface area (Å²) < 4.78 is 5.23. The first kappa shape index (κ1) is 14.4. The standard InChI is InChI=1S/C17H22N2O/c1-19(2)16-8-4-6-14(10-16)12-18-13-15-7-5-9-17(11-15)20-3/h4-11,18H,12-13H2,1-3H3. The van der Waals surface area contributed by atoms with Gasteiger partial charge in [0.25, 0.3) is 0 Å². The Labute approximate surface area is 121 Å². The lowest BCUT2D eigenvalue weighted by Gasteiger charge is -2.14. The van der Waals surface area contributed by atoms with Gasteiger partial charge >= 0.3 is 0 Å². The topological polar surface area (TPSA) is 24.5 Å². The molecule has 0 bridgehead atoms. The van der Waals surface area contributed by atoms with Crippen molar-refractivity contribution in [1.82, 2.24) is 5.32 Å². The van der Waals surface area contributed by atoms with E-state index < -0.39 is 0 Å². The van der Waals surface area contributed by atoms with Crippen LogP contribution in [0.5, 0.6) is 5.75 Å². The highest BCUT2D eigenvalue weighted by atomic mass is 16.5. The summed E-state index contributed by atoms with van der Waals surface area (Å²) in [7, 11) is 5.81. The molecule has 0 radical (unpaired) electrons. The van der Waals surface area contributed by atoms with Crippen LogP contribution in [0.4, 0.5) is 5.69 Å². The van der Waals surface area contributed by atoms with Gasteiger partial charge in [0.1, 0.15) is 5.75 Å². The van der Waals surface area contributed by atoms with E-state index >= 15 is 0 Å². The summed E-state index contributed by atoms with van der Waals surface area (Å²) in [5.41, 5.74) is 3.75. The first-order valence-electron chi connectivity index (χ1n) is 6.79. The number of anilines is 1. The predicted molar refractivity (Wildman–Crippen MR) is 84.3 cm³/mol. The number of nitrogens with one attached hydrogen (secondary N) is 1. The molecule has 1 N–H and O–H groups in total. The minimum atomic E-state index is 0.837. The Morgan fingerprint density at radius 1 is 0.950 bits per heavy atom. The molecule has 0 aliphatic heterocycles. The van der Waals surface area contributed by atoms with Gasteiger partial charge in [-0.2, -0.15) is 0 Å². The Morgan fingerprint density at radius 2 is 1.60 bits per heavy atom. The largest absolute Gasteiger partial charge is 0.497 e. The molecule has 0 aromatic heterocycles. The molecule has 20 heavy (non-hydrogen) atoms. The lowest BCUT2D eigenvalue weighted by Crippen LogP contribution is -2.14. The zero-order valence-electron chi connectivity index (χ0n) is 12.4. The summed E-state index contributed by atoms with van der Waals surface area (Å²) in [6, 6.07) is 16.7. The molecule has 0 amide bonds. The molecular formula is C17H22N2O. The molecule has 106 valence electrons. The molecule has 0 saturated heterocycles. The number of rotatable bonds is 6. The van der Waals surface area contributed by atoms with Crippen LogP contribution in [-0.2, 0) is 13.1 Å². The van der Waals surface area contributed by atoms with Crippen LogP contribution in [0.25, 0.3) is 0 Å². The van der Waals surface area contributed by atoms with Crippen LogP contribution in [0.2, 0.25) is 0 Å². The highest BCUT2D eigenvalue weighted by molar-refractivity contribution is 5.47. The molecule has 0 atom stereocenters. The van der Waals surface area contributed by atoms with E-state index in [1.807, 2.05) is 12.1 Å². The Morgan fingerprint density at radius 3 is 2.25 bits per heavy atom. The minimum absolute atomic E-state index is 0.837. The van der Waals surface area contributed by atoms with Crippen molar-refractivity contribution in [2.75, 3.05) is 26.1 Å². The van der Waals surface area contributed by atoms with Gasteiger partial charge in [-0.25, -0.2) is 0 Å². The van der Waals surface area contributed by atoms with Gasteiger partial charge in [-0.05, 0) is 35.4 Å². The van der Waals surface area contributed by atoms with Crippen molar-refractivity contribution in [2.24, 2.45) is 0 Å². The van der Waals surface area contributed by atoms with E-state index in [2.05, 4.69) is 60.7 Å². The van der Waals surface area contributed by atoms with E-state index in [1.54, 1.807) is 7.11 Å². The van der Waals surface area contributed by atoms with Gasteiger partial charge in [-0.1, -0.05) is 24.3 Å². The lowest BCUT2D eigenvalue weighted by atomic mass is 10.1. The highest BCUT2D eigenvalue weighted by Gasteiger charge is 1.99. The molecule has 2 aromatic rings. The second-order valence-corrected chi connectivity index (χ2v) is 5.02. The number of benzene rings is 2. The predicted octanol–water partition coefficient (Wildman–Crippen LogP) is 3.05. The fourth-order valence-electron chi connectivity index (χ4n) is 2.08. The van der Waals surface area contributed by atoms with Crippen molar-refractivity contribution in [1.29, 1.82) is 0 Å². The number of methoxy groups -OCH3 is 1. The van der Waals surface area contributed by atoms with Crippen molar-refractivity contribution < 1.29 is 4.74 Å². The molecule has 0 aliphatic carbocycles. The minimum Gasteiger partial charge on any atom is -0.497 e. The molecule has 0 fully saturated rings. The highest BCUT2D eigenvalue weighted by Crippen LogP contribution is 2.14. The quantitative estimate of drug-likeness (QED) is 0.873. The zero-order chi connectivity index (χ0) is 14.4. The summed E-state index contributed by atoms with van der Waals surface area (Å²) in [6.45, 7) is 1.70. The van der Waals surface area contributed by atoms with Crippen LogP contribution in [-0.4, -0.2) is 21.2 Å². The third-order valence-electron chi connectivity index (χ3n) is 3.22. The number of hydrogen-bond donors (Lipinski definition) is 1. The molecule has 3 nitrogen and oxygen atoms in total. The fraction of sp³-hybridized carbons (Fsp3) is 0.294. The van der Waals surface area contributed by atoms with Crippen LogP contribution < -0.4 is 15.0 Å². The Hall–Kier alpha value is -2.00. The Kier molecular flexibility index (Phi) is 5.02. The SMILES string of the molecule is COc1cccc(CNCc2cccc(N(C)C)c2)c1. The molecule has 0 saturated carbocycles. The van der Waals surface area contributed by atoms with E-state index in [0.717, 1.165) is 18.8 Å². The molecule has 0 unspecified atom stereocenters. The summed E-state index contributed by atoms with van der Waals surface area (Å²) in [5.74, 6) is 0.902. The van der Waals surface area contributed by atoms with Crippen molar-refractivity contribution in [2.45, 2.75) is 13.1 Å². The van der Waals surface area contributed by atoms with Gasteiger partial charge in [-0.3, -0.25) is 0 Å². The van der Waals surface area contributed by atoms with E-state index in [0.29, 0.717) is 0 Å². The molecule has 2 aromatic carbocycles. The monoisotopic (exact) mass is 270 g/mol. The number of hydrogen-bond acceptors (Lipinski definition) is 3. The maximum atomic E-state index is 5.23. The summed E-state index contributed by atoms with van der Waals surface area (Å²) in [4.78, 5) is 2.12. The first-order valence-corrected chi connectivity index (χ1v) is 6.79. The third kappa shape index (κ3) is 4.00. The average Bonchev–Trinajstić information content (AvgIpc) is 2.48. The van der Waals surface area contributed by atoms with E-state index in [9.17, 15) is 0 Å². The first-order chi connectivity index (χ1) is 9.69. The molecule has 0 aliphatic rings. The Balaban J connectivity index is 1.90. The molecule has 0 spiro atoms. The lowest BCUT2D eigenvalue weighted by molar-refractivity contribution is 0.414. The number of ether oxygens (including phenoxy) is 1. The van der Waals surface area contributed by atoms with Crippen LogP contribution in [0.3, 0.4) is 0 Å². The maximum Gasteiger partial charge on any atom is 0.119 e. The van der Waals surface area contributed by atoms with E-state index in [-0.39, 0.29) is 0 Å². The van der Waals surface area contributed by atoms with Crippen molar-refractivity contribution >= 4 is 5.69 Å². The van der Waals surface area contributed by atoms with Gasteiger partial charge < -0.3 is 15.0 Å². The van der Waals surface area contributed by atoms with Crippen LogP contribution in [0.1, 0.15) is 11.1 Å². The van der Waals surface area contributed by atoms with Crippen LogP contribution >= 0.6 is 0 Å². The fourth-order valence-corrected chi connectivity index (χ4v) is 2.08. The molecular weight excluding hydrogens is 248 g/mol. The van der Waals surface area contributed by atoms with Crippen molar-refractivity contribution in [3.63, 3.8) is 0 Å². The average molecular weight is 270 g/mol. The van der Waals surface area contributed by atoms with Gasteiger partial charge in [0, 0.05) is 32.9 Å². The smallest absolute Gasteiger partial charge is 0.119 e. The third-order valence-corrected chi connectivity index (χ3v) is 3.22. The van der Waals surface area contributed by atoms with Crippen LogP contribution in [0, 0.1) is 0 Å². The second kappa shape index (κ2) is 6.96. The molecule has 3 heteroatoms. The van der Waals surface area contributed by atoms with Crippen molar-refractivity contribution in [3.05, 3.63) is 59.7 Å². The zero-order valence-corrected chi connectivity index (χ0v) is 12.4. The van der Waals surface area contributed by atoms with Gasteiger partial charge in [0.2, 0.25) is 0 Å². The molecule has 0 heterocycles. The summed E-state index contributed by atoms with van der Waals surface area (Å²) >= 11 is 0. The number of nitrogens with zero attached hydrogens (tertiary/aromatic N) is 1. The molecule has 2 rings (SSSR count).